The highest BCUT2D eigenvalue weighted by molar-refractivity contribution is 5.92. The first-order valence-corrected chi connectivity index (χ1v) is 7.18. The molecular formula is C14H21N3O4. The molecule has 2 rings (SSSR count). The highest BCUT2D eigenvalue weighted by atomic mass is 16.5. The van der Waals surface area contributed by atoms with Crippen molar-refractivity contribution in [1.82, 2.24) is 15.1 Å². The van der Waals surface area contributed by atoms with Crippen molar-refractivity contribution in [1.29, 1.82) is 0 Å². The number of ether oxygens (including phenoxy) is 1. The van der Waals surface area contributed by atoms with Gasteiger partial charge in [-0.2, -0.15) is 5.10 Å². The third-order valence-electron chi connectivity index (χ3n) is 3.65. The molecule has 0 radical (unpaired) electrons. The summed E-state index contributed by atoms with van der Waals surface area (Å²) < 4.78 is 6.11. The zero-order valence-electron chi connectivity index (χ0n) is 12.1. The Kier molecular flexibility index (Phi) is 5.46. The van der Waals surface area contributed by atoms with Crippen LogP contribution in [0.4, 0.5) is 0 Å². The normalized spacial score (nSPS) is 22.0. The summed E-state index contributed by atoms with van der Waals surface area (Å²) in [6, 6.07) is 2.47. The second-order valence-corrected chi connectivity index (χ2v) is 5.20. The molecule has 1 aliphatic carbocycles. The van der Waals surface area contributed by atoms with Crippen molar-refractivity contribution >= 4 is 5.91 Å². The maximum atomic E-state index is 12.2. The Labute approximate surface area is 122 Å². The first-order valence-electron chi connectivity index (χ1n) is 7.18. The molecule has 0 spiro atoms. The average molecular weight is 295 g/mol. The smallest absolute Gasteiger partial charge is 0.272 e. The second kappa shape index (κ2) is 7.33. The van der Waals surface area contributed by atoms with Gasteiger partial charge in [-0.3, -0.25) is 9.59 Å². The lowest BCUT2D eigenvalue weighted by Gasteiger charge is -2.28. The van der Waals surface area contributed by atoms with Gasteiger partial charge in [-0.15, -0.1) is 0 Å². The number of nitrogens with zero attached hydrogens (tertiary/aromatic N) is 2. The van der Waals surface area contributed by atoms with Crippen molar-refractivity contribution in [3.8, 4) is 0 Å². The number of hydrogen-bond donors (Lipinski definition) is 2. The van der Waals surface area contributed by atoms with E-state index in [1.165, 1.54) is 23.9 Å². The molecule has 2 atom stereocenters. The van der Waals surface area contributed by atoms with Gasteiger partial charge < -0.3 is 15.2 Å². The molecule has 116 valence electrons. The first kappa shape index (κ1) is 15.7. The molecule has 1 aliphatic rings. The standard InChI is InChI=1S/C14H21N3O4/c1-21-9-8-17-13(19)7-6-11(16-17)14(20)15-10-4-2-3-5-12(10)18/h6-7,10,12,18H,2-5,8-9H2,1H3,(H,15,20)/t10-,12-/m1/s1. The van der Waals surface area contributed by atoms with Crippen molar-refractivity contribution in [3.05, 3.63) is 28.2 Å². The number of aliphatic hydroxyl groups excluding tert-OH is 1. The molecule has 1 saturated carbocycles. The molecule has 1 amide bonds. The Bertz CT molecular complexity index is 543. The molecule has 1 heterocycles. The molecule has 21 heavy (non-hydrogen) atoms. The SMILES string of the molecule is COCCn1nc(C(=O)N[C@@H]2CCCC[C@H]2O)ccc1=O. The van der Waals surface area contributed by atoms with E-state index in [2.05, 4.69) is 10.4 Å². The van der Waals surface area contributed by atoms with Crippen LogP contribution in [0, 0.1) is 0 Å². The van der Waals surface area contributed by atoms with Crippen molar-refractivity contribution in [2.75, 3.05) is 13.7 Å². The lowest BCUT2D eigenvalue weighted by Crippen LogP contribution is -2.45. The van der Waals surface area contributed by atoms with E-state index in [1.54, 1.807) is 0 Å². The summed E-state index contributed by atoms with van der Waals surface area (Å²) in [6.45, 7) is 0.641. The molecule has 1 fully saturated rings. The van der Waals surface area contributed by atoms with Crippen LogP contribution in [-0.4, -0.2) is 46.7 Å². The summed E-state index contributed by atoms with van der Waals surface area (Å²) in [4.78, 5) is 23.8. The minimum absolute atomic E-state index is 0.170. The van der Waals surface area contributed by atoms with Crippen LogP contribution in [-0.2, 0) is 11.3 Å². The number of carbonyl (C=O) groups is 1. The van der Waals surface area contributed by atoms with Crippen LogP contribution in [0.1, 0.15) is 36.2 Å². The first-order chi connectivity index (χ1) is 10.1. The summed E-state index contributed by atoms with van der Waals surface area (Å²) in [5, 5.41) is 16.7. The van der Waals surface area contributed by atoms with Crippen molar-refractivity contribution in [3.63, 3.8) is 0 Å². The Morgan fingerprint density at radius 1 is 1.48 bits per heavy atom. The largest absolute Gasteiger partial charge is 0.391 e. The molecular weight excluding hydrogens is 274 g/mol. The van der Waals surface area contributed by atoms with Crippen molar-refractivity contribution in [2.24, 2.45) is 0 Å². The number of carbonyl (C=O) groups excluding carboxylic acids is 1. The third kappa shape index (κ3) is 4.12. The monoisotopic (exact) mass is 295 g/mol. The van der Waals surface area contributed by atoms with Gasteiger partial charge in [0.1, 0.15) is 5.69 Å². The number of hydrogen-bond acceptors (Lipinski definition) is 5. The molecule has 0 unspecified atom stereocenters. The molecule has 1 aromatic heterocycles. The van der Waals surface area contributed by atoms with E-state index in [0.717, 1.165) is 19.3 Å². The van der Waals surface area contributed by atoms with Gasteiger partial charge in [0, 0.05) is 13.2 Å². The number of aliphatic hydroxyl groups is 1. The van der Waals surface area contributed by atoms with Crippen LogP contribution in [0.5, 0.6) is 0 Å². The Hall–Kier alpha value is -1.73. The third-order valence-corrected chi connectivity index (χ3v) is 3.65. The topological polar surface area (TPSA) is 93.5 Å². The van der Waals surface area contributed by atoms with E-state index >= 15 is 0 Å². The van der Waals surface area contributed by atoms with Gasteiger partial charge in [-0.05, 0) is 18.9 Å². The maximum absolute atomic E-state index is 12.2. The van der Waals surface area contributed by atoms with Gasteiger partial charge in [0.15, 0.2) is 0 Å². The predicted molar refractivity (Wildman–Crippen MR) is 76.1 cm³/mol. The van der Waals surface area contributed by atoms with E-state index < -0.39 is 6.10 Å². The molecule has 2 N–H and O–H groups in total. The quantitative estimate of drug-likeness (QED) is 0.792. The molecule has 0 saturated heterocycles. The number of methoxy groups -OCH3 is 1. The van der Waals surface area contributed by atoms with Crippen molar-refractivity contribution in [2.45, 2.75) is 44.4 Å². The minimum Gasteiger partial charge on any atom is -0.391 e. The Morgan fingerprint density at radius 3 is 2.95 bits per heavy atom. The molecule has 7 heteroatoms. The molecule has 1 aromatic rings. The Balaban J connectivity index is 2.06. The van der Waals surface area contributed by atoms with Crippen LogP contribution in [0.3, 0.4) is 0 Å². The second-order valence-electron chi connectivity index (χ2n) is 5.20. The Morgan fingerprint density at radius 2 is 2.24 bits per heavy atom. The summed E-state index contributed by atoms with van der Waals surface area (Å²) >= 11 is 0. The van der Waals surface area contributed by atoms with Gasteiger partial charge in [-0.25, -0.2) is 4.68 Å². The highest BCUT2D eigenvalue weighted by Gasteiger charge is 2.25. The summed E-state index contributed by atoms with van der Waals surface area (Å²) in [5.74, 6) is -0.368. The van der Waals surface area contributed by atoms with Gasteiger partial charge in [-0.1, -0.05) is 12.8 Å². The molecule has 0 aromatic carbocycles. The fraction of sp³-hybridized carbons (Fsp3) is 0.643. The summed E-state index contributed by atoms with van der Waals surface area (Å²) in [5.41, 5.74) is -0.107. The number of nitrogens with one attached hydrogen (secondary N) is 1. The number of amides is 1. The van der Waals surface area contributed by atoms with Crippen LogP contribution < -0.4 is 10.9 Å². The zero-order valence-corrected chi connectivity index (χ0v) is 12.1. The van der Waals surface area contributed by atoms with E-state index in [0.29, 0.717) is 19.6 Å². The van der Waals surface area contributed by atoms with E-state index in [9.17, 15) is 14.7 Å². The highest BCUT2D eigenvalue weighted by Crippen LogP contribution is 2.18. The van der Waals surface area contributed by atoms with Gasteiger partial charge >= 0.3 is 0 Å². The van der Waals surface area contributed by atoms with E-state index in [1.807, 2.05) is 0 Å². The maximum Gasteiger partial charge on any atom is 0.272 e. The summed E-state index contributed by atoms with van der Waals surface area (Å²) in [6.07, 6.45) is 2.92. The lowest BCUT2D eigenvalue weighted by molar-refractivity contribution is 0.0711. The van der Waals surface area contributed by atoms with E-state index in [-0.39, 0.29) is 23.2 Å². The van der Waals surface area contributed by atoms with Gasteiger partial charge in [0.25, 0.3) is 11.5 Å². The van der Waals surface area contributed by atoms with Crippen LogP contribution in [0.25, 0.3) is 0 Å². The van der Waals surface area contributed by atoms with Crippen LogP contribution in [0.2, 0.25) is 0 Å². The van der Waals surface area contributed by atoms with Crippen LogP contribution >= 0.6 is 0 Å². The average Bonchev–Trinajstić information content (AvgIpc) is 2.48. The van der Waals surface area contributed by atoms with Crippen molar-refractivity contribution < 1.29 is 14.6 Å². The van der Waals surface area contributed by atoms with Crippen LogP contribution in [0.15, 0.2) is 16.9 Å². The fourth-order valence-electron chi connectivity index (χ4n) is 2.43. The van der Waals surface area contributed by atoms with E-state index in [4.69, 9.17) is 4.74 Å². The zero-order chi connectivity index (χ0) is 15.2. The minimum atomic E-state index is -0.512. The lowest BCUT2D eigenvalue weighted by atomic mass is 9.92. The number of rotatable bonds is 5. The molecule has 0 bridgehead atoms. The number of aromatic nitrogens is 2. The summed E-state index contributed by atoms with van der Waals surface area (Å²) in [7, 11) is 1.53. The predicted octanol–water partition coefficient (Wildman–Crippen LogP) is -0.0770. The fourth-order valence-corrected chi connectivity index (χ4v) is 2.43. The van der Waals surface area contributed by atoms with Gasteiger partial charge in [0.2, 0.25) is 0 Å². The molecule has 7 nitrogen and oxygen atoms in total. The van der Waals surface area contributed by atoms with Gasteiger partial charge in [0.05, 0.1) is 25.3 Å². The molecule has 0 aliphatic heterocycles.